The summed E-state index contributed by atoms with van der Waals surface area (Å²) >= 11 is 0. The summed E-state index contributed by atoms with van der Waals surface area (Å²) < 4.78 is 4.55. The molecule has 0 spiro atoms. The van der Waals surface area contributed by atoms with Crippen LogP contribution in [0.2, 0.25) is 0 Å². The molecule has 0 aliphatic carbocycles. The fourth-order valence-corrected chi connectivity index (χ4v) is 2.37. The van der Waals surface area contributed by atoms with E-state index in [1.807, 2.05) is 19.1 Å². The smallest absolute Gasteiger partial charge is 0.305 e. The predicted octanol–water partition coefficient (Wildman–Crippen LogP) is 2.91. The van der Waals surface area contributed by atoms with E-state index < -0.39 is 0 Å². The highest BCUT2D eigenvalue weighted by atomic mass is 16.5. The lowest BCUT2D eigenvalue weighted by Crippen LogP contribution is -2.26. The molecule has 0 aromatic heterocycles. The molecule has 1 N–H and O–H groups in total. The Morgan fingerprint density at radius 3 is 2.24 bits per heavy atom. The van der Waals surface area contributed by atoms with E-state index in [4.69, 9.17) is 0 Å². The predicted molar refractivity (Wildman–Crippen MR) is 94.6 cm³/mol. The molecule has 0 aliphatic rings. The molecular formula is C20H21NO4. The summed E-state index contributed by atoms with van der Waals surface area (Å²) in [5, 5.41) is 2.74. The summed E-state index contributed by atoms with van der Waals surface area (Å²) in [6, 6.07) is 13.9. The molecule has 2 aromatic rings. The van der Waals surface area contributed by atoms with Crippen molar-refractivity contribution in [2.45, 2.75) is 19.8 Å². The van der Waals surface area contributed by atoms with E-state index in [0.29, 0.717) is 29.7 Å². The Labute approximate surface area is 147 Å². The van der Waals surface area contributed by atoms with Gasteiger partial charge in [0, 0.05) is 24.1 Å². The van der Waals surface area contributed by atoms with Crippen LogP contribution in [0.1, 0.15) is 44.7 Å². The van der Waals surface area contributed by atoms with E-state index in [0.717, 1.165) is 5.56 Å². The summed E-state index contributed by atoms with van der Waals surface area (Å²) in [6.07, 6.45) is 0.715. The second-order valence-electron chi connectivity index (χ2n) is 5.68. The number of esters is 1. The molecule has 0 saturated heterocycles. The van der Waals surface area contributed by atoms with Crippen molar-refractivity contribution in [3.05, 3.63) is 70.8 Å². The van der Waals surface area contributed by atoms with Crippen molar-refractivity contribution >= 4 is 17.7 Å². The fourth-order valence-electron chi connectivity index (χ4n) is 2.37. The van der Waals surface area contributed by atoms with E-state index in [1.54, 1.807) is 36.4 Å². The van der Waals surface area contributed by atoms with Crippen molar-refractivity contribution in [2.75, 3.05) is 13.7 Å². The first-order valence-corrected chi connectivity index (χ1v) is 8.08. The minimum atomic E-state index is -0.332. The van der Waals surface area contributed by atoms with Crippen LogP contribution < -0.4 is 5.32 Å². The van der Waals surface area contributed by atoms with Gasteiger partial charge < -0.3 is 10.1 Å². The van der Waals surface area contributed by atoms with Crippen LogP contribution in [-0.2, 0) is 9.53 Å². The van der Waals surface area contributed by atoms with Crippen LogP contribution in [0.15, 0.2) is 48.5 Å². The van der Waals surface area contributed by atoms with Crippen LogP contribution in [0.25, 0.3) is 0 Å². The molecule has 0 unspecified atom stereocenters. The Morgan fingerprint density at radius 1 is 0.960 bits per heavy atom. The van der Waals surface area contributed by atoms with Crippen LogP contribution in [0.3, 0.4) is 0 Å². The van der Waals surface area contributed by atoms with Crippen molar-refractivity contribution in [2.24, 2.45) is 0 Å². The molecule has 0 atom stereocenters. The summed E-state index contributed by atoms with van der Waals surface area (Å²) in [7, 11) is 1.33. The Hall–Kier alpha value is -2.95. The molecule has 1 amide bonds. The van der Waals surface area contributed by atoms with Crippen LogP contribution >= 0.6 is 0 Å². The largest absolute Gasteiger partial charge is 0.469 e. The second kappa shape index (κ2) is 8.78. The number of aryl methyl sites for hydroxylation is 1. The highest BCUT2D eigenvalue weighted by molar-refractivity contribution is 6.15. The van der Waals surface area contributed by atoms with Gasteiger partial charge in [-0.05, 0) is 19.4 Å². The number of amides is 1. The van der Waals surface area contributed by atoms with Crippen molar-refractivity contribution < 1.29 is 19.1 Å². The first-order chi connectivity index (χ1) is 12.0. The van der Waals surface area contributed by atoms with Gasteiger partial charge in [-0.25, -0.2) is 0 Å². The van der Waals surface area contributed by atoms with E-state index in [9.17, 15) is 14.4 Å². The molecule has 0 bridgehead atoms. The maximum Gasteiger partial charge on any atom is 0.305 e. The van der Waals surface area contributed by atoms with Crippen molar-refractivity contribution in [3.63, 3.8) is 0 Å². The monoisotopic (exact) mass is 339 g/mol. The van der Waals surface area contributed by atoms with Crippen molar-refractivity contribution in [1.82, 2.24) is 5.32 Å². The van der Waals surface area contributed by atoms with Gasteiger partial charge in [0.25, 0.3) is 5.91 Å². The summed E-state index contributed by atoms with van der Waals surface area (Å²) in [6.45, 7) is 2.28. The minimum absolute atomic E-state index is 0.194. The van der Waals surface area contributed by atoms with Crippen LogP contribution in [0.5, 0.6) is 0 Å². The molecule has 5 heteroatoms. The Morgan fingerprint density at radius 2 is 1.60 bits per heavy atom. The Bertz CT molecular complexity index is 766. The average Bonchev–Trinajstić information content (AvgIpc) is 2.64. The SMILES string of the molecule is COC(=O)CCCNC(=O)c1ccccc1C(=O)c1ccc(C)cc1. The van der Waals surface area contributed by atoms with Crippen LogP contribution in [0, 0.1) is 6.92 Å². The quantitative estimate of drug-likeness (QED) is 0.478. The molecular weight excluding hydrogens is 318 g/mol. The second-order valence-corrected chi connectivity index (χ2v) is 5.68. The van der Waals surface area contributed by atoms with Gasteiger partial charge >= 0.3 is 5.97 Å². The number of benzene rings is 2. The van der Waals surface area contributed by atoms with Gasteiger partial charge in [-0.1, -0.05) is 48.0 Å². The molecule has 0 heterocycles. The molecule has 0 aliphatic heterocycles. The van der Waals surface area contributed by atoms with Crippen molar-refractivity contribution in [3.8, 4) is 0 Å². The Balaban J connectivity index is 2.09. The number of rotatable bonds is 7. The lowest BCUT2D eigenvalue weighted by atomic mass is 9.97. The summed E-state index contributed by atoms with van der Waals surface area (Å²) in [5.74, 6) is -0.842. The van der Waals surface area contributed by atoms with Gasteiger partial charge in [-0.15, -0.1) is 0 Å². The zero-order valence-corrected chi connectivity index (χ0v) is 14.4. The average molecular weight is 339 g/mol. The molecule has 25 heavy (non-hydrogen) atoms. The molecule has 2 rings (SSSR count). The first-order valence-electron chi connectivity index (χ1n) is 8.08. The summed E-state index contributed by atoms with van der Waals surface area (Å²) in [5.41, 5.74) is 2.28. The van der Waals surface area contributed by atoms with E-state index in [-0.39, 0.29) is 24.1 Å². The van der Waals surface area contributed by atoms with Gasteiger partial charge in [-0.2, -0.15) is 0 Å². The lowest BCUT2D eigenvalue weighted by Gasteiger charge is -2.10. The molecule has 5 nitrogen and oxygen atoms in total. The zero-order valence-electron chi connectivity index (χ0n) is 14.4. The minimum Gasteiger partial charge on any atom is -0.469 e. The topological polar surface area (TPSA) is 72.5 Å². The Kier molecular flexibility index (Phi) is 6.46. The van der Waals surface area contributed by atoms with Gasteiger partial charge in [0.15, 0.2) is 5.78 Å². The third-order valence-corrected chi connectivity index (χ3v) is 3.80. The number of nitrogens with one attached hydrogen (secondary N) is 1. The number of hydrogen-bond donors (Lipinski definition) is 1. The van der Waals surface area contributed by atoms with Gasteiger partial charge in [0.2, 0.25) is 0 Å². The van der Waals surface area contributed by atoms with Gasteiger partial charge in [0.05, 0.1) is 12.7 Å². The number of ketones is 1. The van der Waals surface area contributed by atoms with E-state index >= 15 is 0 Å². The van der Waals surface area contributed by atoms with E-state index in [1.165, 1.54) is 7.11 Å². The van der Waals surface area contributed by atoms with Crippen LogP contribution in [0.4, 0.5) is 0 Å². The van der Waals surface area contributed by atoms with Crippen molar-refractivity contribution in [1.29, 1.82) is 0 Å². The zero-order chi connectivity index (χ0) is 18.2. The summed E-state index contributed by atoms with van der Waals surface area (Å²) in [4.78, 5) is 36.2. The third-order valence-electron chi connectivity index (χ3n) is 3.80. The first kappa shape index (κ1) is 18.4. The molecule has 0 saturated carbocycles. The number of carbonyl (C=O) groups is 3. The molecule has 0 fully saturated rings. The molecule has 0 radical (unpaired) electrons. The van der Waals surface area contributed by atoms with Gasteiger partial charge in [0.1, 0.15) is 0 Å². The third kappa shape index (κ3) is 5.01. The van der Waals surface area contributed by atoms with Gasteiger partial charge in [-0.3, -0.25) is 14.4 Å². The van der Waals surface area contributed by atoms with E-state index in [2.05, 4.69) is 10.1 Å². The highest BCUT2D eigenvalue weighted by Gasteiger charge is 2.17. The number of methoxy groups -OCH3 is 1. The molecule has 2 aromatic carbocycles. The highest BCUT2D eigenvalue weighted by Crippen LogP contribution is 2.15. The molecule has 130 valence electrons. The standard InChI is InChI=1S/C20H21NO4/c1-14-9-11-15(12-10-14)19(23)16-6-3-4-7-17(16)20(24)21-13-5-8-18(22)25-2/h3-4,6-7,9-12H,5,8,13H2,1-2H3,(H,21,24). The number of hydrogen-bond acceptors (Lipinski definition) is 4. The lowest BCUT2D eigenvalue weighted by molar-refractivity contribution is -0.140. The maximum absolute atomic E-state index is 12.7. The van der Waals surface area contributed by atoms with Crippen LogP contribution in [-0.4, -0.2) is 31.3 Å². The maximum atomic E-state index is 12.7. The number of carbonyl (C=O) groups excluding carboxylic acids is 3. The number of ether oxygens (including phenoxy) is 1. The normalized spacial score (nSPS) is 10.2. The fraction of sp³-hybridized carbons (Fsp3) is 0.250.